The minimum Gasteiger partial charge on any atom is -0.347 e. The molecular weight excluding hydrogens is 314 g/mol. The van der Waals surface area contributed by atoms with Gasteiger partial charge < -0.3 is 4.90 Å². The van der Waals surface area contributed by atoms with Crippen molar-refractivity contribution in [2.45, 2.75) is 24.8 Å². The van der Waals surface area contributed by atoms with E-state index in [0.717, 1.165) is 5.56 Å². The molecule has 1 aromatic carbocycles. The maximum Gasteiger partial charge on any atom is 0.243 e. The van der Waals surface area contributed by atoms with Crippen molar-refractivity contribution in [3.63, 3.8) is 0 Å². The highest BCUT2D eigenvalue weighted by molar-refractivity contribution is 7.89. The summed E-state index contributed by atoms with van der Waals surface area (Å²) in [6.45, 7) is 5.73. The number of carbonyl (C=O) groups excluding carboxylic acids is 1. The van der Waals surface area contributed by atoms with Gasteiger partial charge in [-0.25, -0.2) is 8.42 Å². The van der Waals surface area contributed by atoms with Gasteiger partial charge in [0.25, 0.3) is 0 Å². The van der Waals surface area contributed by atoms with E-state index >= 15 is 0 Å². The highest BCUT2D eigenvalue weighted by atomic mass is 32.2. The maximum atomic E-state index is 12.6. The molecule has 1 saturated heterocycles. The van der Waals surface area contributed by atoms with Gasteiger partial charge in [0, 0.05) is 40.3 Å². The molecule has 0 N–H and O–H groups in total. The molecule has 0 radical (unpaired) electrons. The van der Waals surface area contributed by atoms with Gasteiger partial charge in [-0.1, -0.05) is 17.7 Å². The predicted molar refractivity (Wildman–Crippen MR) is 89.7 cm³/mol. The van der Waals surface area contributed by atoms with Crippen LogP contribution in [0.25, 0.3) is 0 Å². The molecule has 1 aliphatic rings. The minimum absolute atomic E-state index is 0.0415. The van der Waals surface area contributed by atoms with Gasteiger partial charge in [-0.3, -0.25) is 9.69 Å². The van der Waals surface area contributed by atoms with Gasteiger partial charge in [0.15, 0.2) is 0 Å². The number of hydrogen-bond donors (Lipinski definition) is 0. The zero-order valence-corrected chi connectivity index (χ0v) is 15.0. The van der Waals surface area contributed by atoms with E-state index in [9.17, 15) is 13.2 Å². The first-order chi connectivity index (χ1) is 10.7. The van der Waals surface area contributed by atoms with Gasteiger partial charge >= 0.3 is 0 Å². The SMILES string of the molecule is Cc1ccc(S(=O)(=O)N2CCN([C@H](C)C(=O)N(C)C)CC2)cc1. The molecule has 1 heterocycles. The number of aryl methyl sites for hydroxylation is 1. The second-order valence-corrected chi connectivity index (χ2v) is 8.10. The molecule has 1 aliphatic heterocycles. The zero-order valence-electron chi connectivity index (χ0n) is 14.2. The van der Waals surface area contributed by atoms with Crippen LogP contribution in [0.2, 0.25) is 0 Å². The highest BCUT2D eigenvalue weighted by Crippen LogP contribution is 2.19. The van der Waals surface area contributed by atoms with Crippen LogP contribution in [0, 0.1) is 6.92 Å². The van der Waals surface area contributed by atoms with E-state index in [4.69, 9.17) is 0 Å². The summed E-state index contributed by atoms with van der Waals surface area (Å²) in [5.74, 6) is 0.0415. The fraction of sp³-hybridized carbons (Fsp3) is 0.562. The van der Waals surface area contributed by atoms with Crippen molar-refractivity contribution >= 4 is 15.9 Å². The molecule has 0 bridgehead atoms. The van der Waals surface area contributed by atoms with Crippen molar-refractivity contribution in [2.75, 3.05) is 40.3 Å². The monoisotopic (exact) mass is 339 g/mol. The molecule has 128 valence electrons. The van der Waals surface area contributed by atoms with Crippen LogP contribution < -0.4 is 0 Å². The van der Waals surface area contributed by atoms with Crippen LogP contribution in [0.15, 0.2) is 29.2 Å². The van der Waals surface area contributed by atoms with Gasteiger partial charge in [-0.15, -0.1) is 0 Å². The summed E-state index contributed by atoms with van der Waals surface area (Å²) in [6, 6.07) is 6.68. The van der Waals surface area contributed by atoms with Crippen molar-refractivity contribution < 1.29 is 13.2 Å². The first-order valence-electron chi connectivity index (χ1n) is 7.75. The van der Waals surface area contributed by atoms with E-state index in [2.05, 4.69) is 0 Å². The summed E-state index contributed by atoms with van der Waals surface area (Å²) in [5, 5.41) is 0. The second kappa shape index (κ2) is 6.98. The Hall–Kier alpha value is -1.44. The van der Waals surface area contributed by atoms with Crippen molar-refractivity contribution in [1.82, 2.24) is 14.1 Å². The average Bonchev–Trinajstić information content (AvgIpc) is 2.54. The zero-order chi connectivity index (χ0) is 17.2. The first kappa shape index (κ1) is 17.9. The summed E-state index contributed by atoms with van der Waals surface area (Å²) in [5.41, 5.74) is 1.03. The van der Waals surface area contributed by atoms with E-state index in [-0.39, 0.29) is 11.9 Å². The Kier molecular flexibility index (Phi) is 5.44. The molecule has 6 nitrogen and oxygen atoms in total. The van der Waals surface area contributed by atoms with Crippen LogP contribution >= 0.6 is 0 Å². The van der Waals surface area contributed by atoms with Crippen molar-refractivity contribution in [3.05, 3.63) is 29.8 Å². The Labute approximate surface area is 138 Å². The number of carbonyl (C=O) groups is 1. The van der Waals surface area contributed by atoms with Crippen LogP contribution in [0.5, 0.6) is 0 Å². The number of likely N-dealkylation sites (N-methyl/N-ethyl adjacent to an activating group) is 1. The third kappa shape index (κ3) is 3.91. The summed E-state index contributed by atoms with van der Waals surface area (Å²) in [7, 11) is 0.0130. The standard InChI is InChI=1S/C16H25N3O3S/c1-13-5-7-15(8-6-13)23(21,22)19-11-9-18(10-12-19)14(2)16(20)17(3)4/h5-8,14H,9-12H2,1-4H3/t14-/m1/s1. The van der Waals surface area contributed by atoms with E-state index in [1.54, 1.807) is 43.3 Å². The fourth-order valence-corrected chi connectivity index (χ4v) is 4.14. The van der Waals surface area contributed by atoms with Crippen molar-refractivity contribution in [1.29, 1.82) is 0 Å². The number of piperazine rings is 1. The van der Waals surface area contributed by atoms with Crippen molar-refractivity contribution in [3.8, 4) is 0 Å². The molecule has 1 atom stereocenters. The highest BCUT2D eigenvalue weighted by Gasteiger charge is 2.32. The third-order valence-corrected chi connectivity index (χ3v) is 6.19. The molecule has 1 aromatic rings. The maximum absolute atomic E-state index is 12.6. The quantitative estimate of drug-likeness (QED) is 0.813. The van der Waals surface area contributed by atoms with Crippen LogP contribution in [0.4, 0.5) is 0 Å². The van der Waals surface area contributed by atoms with Crippen LogP contribution in [-0.2, 0) is 14.8 Å². The molecule has 0 unspecified atom stereocenters. The normalized spacial score (nSPS) is 18.6. The number of nitrogens with zero attached hydrogens (tertiary/aromatic N) is 3. The smallest absolute Gasteiger partial charge is 0.243 e. The summed E-state index contributed by atoms with van der Waals surface area (Å²) < 4.78 is 26.8. The van der Waals surface area contributed by atoms with Gasteiger partial charge in [0.05, 0.1) is 10.9 Å². The topological polar surface area (TPSA) is 60.9 Å². The Morgan fingerprint density at radius 3 is 2.09 bits per heavy atom. The van der Waals surface area contributed by atoms with Gasteiger partial charge in [0.1, 0.15) is 0 Å². The molecule has 23 heavy (non-hydrogen) atoms. The molecule has 7 heteroatoms. The van der Waals surface area contributed by atoms with E-state index < -0.39 is 10.0 Å². The van der Waals surface area contributed by atoms with E-state index in [0.29, 0.717) is 31.1 Å². The largest absolute Gasteiger partial charge is 0.347 e. The third-order valence-electron chi connectivity index (χ3n) is 4.28. The lowest BCUT2D eigenvalue weighted by molar-refractivity contribution is -0.134. The number of hydrogen-bond acceptors (Lipinski definition) is 4. The Morgan fingerprint density at radius 2 is 1.61 bits per heavy atom. The molecule has 1 amide bonds. The van der Waals surface area contributed by atoms with E-state index in [1.165, 1.54) is 4.31 Å². The average molecular weight is 339 g/mol. The predicted octanol–water partition coefficient (Wildman–Crippen LogP) is 0.778. The van der Waals surface area contributed by atoms with Crippen LogP contribution in [-0.4, -0.2) is 74.7 Å². The van der Waals surface area contributed by atoms with Gasteiger partial charge in [-0.2, -0.15) is 4.31 Å². The molecular formula is C16H25N3O3S. The van der Waals surface area contributed by atoms with Crippen molar-refractivity contribution in [2.24, 2.45) is 0 Å². The lowest BCUT2D eigenvalue weighted by Gasteiger charge is -2.37. The van der Waals surface area contributed by atoms with Crippen LogP contribution in [0.3, 0.4) is 0 Å². The molecule has 0 saturated carbocycles. The first-order valence-corrected chi connectivity index (χ1v) is 9.19. The Morgan fingerprint density at radius 1 is 1.09 bits per heavy atom. The summed E-state index contributed by atoms with van der Waals surface area (Å²) in [6.07, 6.45) is 0. The fourth-order valence-electron chi connectivity index (χ4n) is 2.72. The second-order valence-electron chi connectivity index (χ2n) is 6.16. The lowest BCUT2D eigenvalue weighted by Crippen LogP contribution is -2.54. The summed E-state index contributed by atoms with van der Waals surface area (Å²) in [4.78, 5) is 16.0. The molecule has 0 aliphatic carbocycles. The molecule has 2 rings (SSSR count). The lowest BCUT2D eigenvalue weighted by atomic mass is 10.2. The molecule has 0 aromatic heterocycles. The Balaban J connectivity index is 2.04. The number of benzene rings is 1. The molecule has 1 fully saturated rings. The summed E-state index contributed by atoms with van der Waals surface area (Å²) >= 11 is 0. The number of sulfonamides is 1. The minimum atomic E-state index is -3.45. The number of rotatable bonds is 4. The van der Waals surface area contributed by atoms with Gasteiger partial charge in [-0.05, 0) is 26.0 Å². The Bertz CT molecular complexity index is 648. The number of amides is 1. The van der Waals surface area contributed by atoms with E-state index in [1.807, 2.05) is 18.7 Å². The van der Waals surface area contributed by atoms with Gasteiger partial charge in [0.2, 0.25) is 15.9 Å². The molecule has 0 spiro atoms. The van der Waals surface area contributed by atoms with Crippen LogP contribution in [0.1, 0.15) is 12.5 Å².